The lowest BCUT2D eigenvalue weighted by molar-refractivity contribution is 0.215. The fourth-order valence-corrected chi connectivity index (χ4v) is 4.09. The Morgan fingerprint density at radius 2 is 2.13 bits per heavy atom. The van der Waals surface area contributed by atoms with Crippen molar-refractivity contribution < 1.29 is 14.2 Å². The summed E-state index contributed by atoms with van der Waals surface area (Å²) in [5.74, 6) is -0.175. The van der Waals surface area contributed by atoms with Crippen LogP contribution in [0.4, 0.5) is 10.1 Å². The molecule has 1 N–H and O–H groups in total. The number of benzene rings is 1. The van der Waals surface area contributed by atoms with E-state index in [1.165, 1.54) is 23.5 Å². The quantitative estimate of drug-likeness (QED) is 0.387. The molecule has 0 radical (unpaired) electrons. The van der Waals surface area contributed by atoms with E-state index < -0.39 is 5.82 Å². The molecule has 0 spiro atoms. The zero-order chi connectivity index (χ0) is 21.8. The maximum Gasteiger partial charge on any atom is 0.167 e. The van der Waals surface area contributed by atoms with Crippen molar-refractivity contribution in [1.82, 2.24) is 19.7 Å². The van der Waals surface area contributed by atoms with E-state index in [4.69, 9.17) is 9.84 Å². The number of pyridine rings is 1. The van der Waals surface area contributed by atoms with E-state index in [0.717, 1.165) is 33.3 Å². The van der Waals surface area contributed by atoms with E-state index >= 15 is 0 Å². The summed E-state index contributed by atoms with van der Waals surface area (Å²) in [7, 11) is 1.95. The fourth-order valence-electron chi connectivity index (χ4n) is 3.05. The summed E-state index contributed by atoms with van der Waals surface area (Å²) in [6, 6.07) is 7.43. The second-order valence-electron chi connectivity index (χ2n) is 6.96. The summed E-state index contributed by atoms with van der Waals surface area (Å²) in [6.07, 6.45) is 5.36. The molecule has 0 amide bonds. The van der Waals surface area contributed by atoms with E-state index in [0.29, 0.717) is 18.8 Å². The Bertz CT molecular complexity index is 1210. The van der Waals surface area contributed by atoms with Crippen LogP contribution in [0.15, 0.2) is 54.1 Å². The van der Waals surface area contributed by atoms with E-state index in [-0.39, 0.29) is 18.0 Å². The first-order chi connectivity index (χ1) is 15.1. The number of hydrogen-bond donors (Lipinski definition) is 1. The summed E-state index contributed by atoms with van der Waals surface area (Å²) in [6.45, 7) is 2.23. The molecule has 4 rings (SSSR count). The zero-order valence-corrected chi connectivity index (χ0v) is 17.5. The van der Waals surface area contributed by atoms with Crippen molar-refractivity contribution >= 4 is 27.2 Å². The molecule has 0 aliphatic carbocycles. The van der Waals surface area contributed by atoms with Crippen LogP contribution in [0.3, 0.4) is 0 Å². The molecular weight excluding hydrogens is 421 g/mol. The van der Waals surface area contributed by atoms with Crippen molar-refractivity contribution in [3.63, 3.8) is 0 Å². The van der Waals surface area contributed by atoms with Gasteiger partial charge in [-0.2, -0.15) is 5.10 Å². The number of aromatic nitrogens is 3. The standard InChI is InChI=1S/C21H20FN5O3S/c1-26(8-9-28)6-7-27-13-14(12-24-27)20-11-17-21(31-20)19(4-5-23-17)30-18-3-2-15(25-29)10-16(18)22/h2-5,10-13,28H,6-9H2,1H3. The number of fused-ring (bicyclic) bond motifs is 1. The maximum absolute atomic E-state index is 14.2. The molecule has 0 unspecified atom stereocenters. The van der Waals surface area contributed by atoms with E-state index in [9.17, 15) is 9.30 Å². The van der Waals surface area contributed by atoms with Gasteiger partial charge in [0.1, 0.15) is 11.4 Å². The first kappa shape index (κ1) is 21.0. The smallest absolute Gasteiger partial charge is 0.167 e. The van der Waals surface area contributed by atoms with E-state index in [2.05, 4.69) is 15.3 Å². The molecule has 3 heterocycles. The first-order valence-electron chi connectivity index (χ1n) is 9.59. The first-order valence-corrected chi connectivity index (χ1v) is 10.4. The SMILES string of the molecule is CN(CCO)CCn1cc(-c2cc3nccc(Oc4ccc(N=O)cc4F)c3s2)cn1. The summed E-state index contributed by atoms with van der Waals surface area (Å²) < 4.78 is 22.6. The Hall–Kier alpha value is -3.21. The third-order valence-corrected chi connectivity index (χ3v) is 5.91. The molecule has 3 aromatic heterocycles. The van der Waals surface area contributed by atoms with Crippen LogP contribution in [0.2, 0.25) is 0 Å². The lowest BCUT2D eigenvalue weighted by Gasteiger charge is -2.14. The molecule has 10 heteroatoms. The summed E-state index contributed by atoms with van der Waals surface area (Å²) in [4.78, 5) is 18.0. The van der Waals surface area contributed by atoms with Crippen molar-refractivity contribution in [3.05, 3.63) is 59.6 Å². The van der Waals surface area contributed by atoms with Gasteiger partial charge in [-0.15, -0.1) is 16.2 Å². The lowest BCUT2D eigenvalue weighted by Crippen LogP contribution is -2.26. The highest BCUT2D eigenvalue weighted by atomic mass is 32.1. The number of nitroso groups, excluding NO2 is 1. The molecular formula is C21H20FN5O3S. The van der Waals surface area contributed by atoms with Gasteiger partial charge in [0, 0.05) is 48.1 Å². The minimum absolute atomic E-state index is 0.00250. The van der Waals surface area contributed by atoms with Crippen LogP contribution < -0.4 is 4.74 Å². The largest absolute Gasteiger partial charge is 0.453 e. The van der Waals surface area contributed by atoms with Gasteiger partial charge < -0.3 is 14.7 Å². The average molecular weight is 441 g/mol. The Kier molecular flexibility index (Phi) is 6.31. The van der Waals surface area contributed by atoms with Gasteiger partial charge >= 0.3 is 0 Å². The van der Waals surface area contributed by atoms with Crippen molar-refractivity contribution in [1.29, 1.82) is 0 Å². The van der Waals surface area contributed by atoms with Crippen LogP contribution in [0.25, 0.3) is 20.7 Å². The van der Waals surface area contributed by atoms with Crippen molar-refractivity contribution in [2.24, 2.45) is 5.18 Å². The minimum atomic E-state index is -0.661. The topological polar surface area (TPSA) is 92.8 Å². The highest BCUT2D eigenvalue weighted by Crippen LogP contribution is 2.39. The molecule has 0 saturated heterocycles. The molecule has 0 fully saturated rings. The van der Waals surface area contributed by atoms with Crippen LogP contribution >= 0.6 is 11.3 Å². The number of likely N-dealkylation sites (N-methyl/N-ethyl adjacent to an activating group) is 1. The average Bonchev–Trinajstić information content (AvgIpc) is 3.41. The van der Waals surface area contributed by atoms with Crippen LogP contribution in [0.5, 0.6) is 11.5 Å². The summed E-state index contributed by atoms with van der Waals surface area (Å²) >= 11 is 1.48. The van der Waals surface area contributed by atoms with Crippen molar-refractivity contribution in [3.8, 4) is 21.9 Å². The van der Waals surface area contributed by atoms with Gasteiger partial charge in [0.15, 0.2) is 11.6 Å². The zero-order valence-electron chi connectivity index (χ0n) is 16.7. The molecule has 0 aliphatic heterocycles. The highest BCUT2D eigenvalue weighted by Gasteiger charge is 2.14. The number of nitrogens with zero attached hydrogens (tertiary/aromatic N) is 5. The molecule has 1 aromatic carbocycles. The maximum atomic E-state index is 14.2. The van der Waals surface area contributed by atoms with Gasteiger partial charge in [0.25, 0.3) is 0 Å². The second kappa shape index (κ2) is 9.29. The normalized spacial score (nSPS) is 11.4. The molecule has 0 aliphatic rings. The Morgan fingerprint density at radius 3 is 2.90 bits per heavy atom. The van der Waals surface area contributed by atoms with Crippen LogP contribution in [-0.2, 0) is 6.54 Å². The van der Waals surface area contributed by atoms with Gasteiger partial charge in [0.05, 0.1) is 29.6 Å². The van der Waals surface area contributed by atoms with Crippen LogP contribution in [0.1, 0.15) is 0 Å². The Morgan fingerprint density at radius 1 is 1.26 bits per heavy atom. The van der Waals surface area contributed by atoms with Crippen LogP contribution in [0, 0.1) is 10.7 Å². The summed E-state index contributed by atoms with van der Waals surface area (Å²) in [5, 5.41) is 16.1. The molecule has 31 heavy (non-hydrogen) atoms. The van der Waals surface area contributed by atoms with E-state index in [1.54, 1.807) is 18.5 Å². The number of ether oxygens (including phenoxy) is 1. The van der Waals surface area contributed by atoms with E-state index in [1.807, 2.05) is 28.9 Å². The number of aliphatic hydroxyl groups is 1. The molecule has 160 valence electrons. The van der Waals surface area contributed by atoms with Gasteiger partial charge in [-0.25, -0.2) is 4.39 Å². The second-order valence-corrected chi connectivity index (χ2v) is 8.01. The number of aliphatic hydroxyl groups excluding tert-OH is 1. The van der Waals surface area contributed by atoms with Gasteiger partial charge in [-0.05, 0) is 30.4 Å². The molecule has 8 nitrogen and oxygen atoms in total. The number of thiophene rings is 1. The number of rotatable bonds is 9. The van der Waals surface area contributed by atoms with Gasteiger partial charge in [0.2, 0.25) is 0 Å². The molecule has 0 bridgehead atoms. The number of hydrogen-bond acceptors (Lipinski definition) is 8. The molecule has 4 aromatic rings. The van der Waals surface area contributed by atoms with Crippen molar-refractivity contribution in [2.75, 3.05) is 26.7 Å². The third-order valence-electron chi connectivity index (χ3n) is 4.73. The van der Waals surface area contributed by atoms with Gasteiger partial charge in [-0.3, -0.25) is 9.67 Å². The predicted molar refractivity (Wildman–Crippen MR) is 117 cm³/mol. The van der Waals surface area contributed by atoms with Crippen LogP contribution in [-0.4, -0.2) is 51.5 Å². The highest BCUT2D eigenvalue weighted by molar-refractivity contribution is 7.22. The predicted octanol–water partition coefficient (Wildman–Crippen LogP) is 4.41. The Balaban J connectivity index is 1.56. The molecule has 0 atom stereocenters. The third kappa shape index (κ3) is 4.76. The van der Waals surface area contributed by atoms with Crippen molar-refractivity contribution in [2.45, 2.75) is 6.54 Å². The Labute approximate surface area is 181 Å². The number of halogens is 1. The fraction of sp³-hybridized carbons (Fsp3) is 0.238. The molecule has 0 saturated carbocycles. The lowest BCUT2D eigenvalue weighted by atomic mass is 10.2. The minimum Gasteiger partial charge on any atom is -0.453 e. The summed E-state index contributed by atoms with van der Waals surface area (Å²) in [5.41, 5.74) is 1.69. The monoisotopic (exact) mass is 441 g/mol. The van der Waals surface area contributed by atoms with Gasteiger partial charge in [-0.1, -0.05) is 0 Å².